The number of carbonyl (C=O) groups is 3. The molecule has 2 bridgehead atoms. The minimum atomic E-state index is -1.16. The first kappa shape index (κ1) is 18.4. The summed E-state index contributed by atoms with van der Waals surface area (Å²) in [6.07, 6.45) is 0.806. The molecule has 4 atom stereocenters. The van der Waals surface area contributed by atoms with Gasteiger partial charge in [0.25, 0.3) is 0 Å². The molecule has 0 aromatic rings. The third-order valence-corrected chi connectivity index (χ3v) is 5.09. The molecule has 6 nitrogen and oxygen atoms in total. The van der Waals surface area contributed by atoms with Gasteiger partial charge in [-0.25, -0.2) is 4.79 Å². The van der Waals surface area contributed by atoms with Crippen LogP contribution in [-0.2, 0) is 28.6 Å². The molecule has 0 aromatic carbocycles. The Hall–Kier alpha value is -2.37. The van der Waals surface area contributed by atoms with E-state index in [1.807, 2.05) is 13.8 Å². The number of hydrogen-bond acceptors (Lipinski definition) is 6. The number of allylic oxidation sites excluding steroid dienone is 1. The number of rotatable bonds is 3. The van der Waals surface area contributed by atoms with Crippen molar-refractivity contribution in [3.8, 4) is 0 Å². The standard InChI is InChI=1S/C20H24O6/c1-10(2)6-17(22)24-15-9-20(5)16(21)8-13(26-20)11(3)7-14-18(15)12(4)19(23)25-14/h8,10,14-15,18H,3-4,6-7,9H2,1-2,5H3/t14-,15-,18+,20-/m1/s1. The first-order valence-corrected chi connectivity index (χ1v) is 8.83. The van der Waals surface area contributed by atoms with Crippen molar-refractivity contribution in [2.75, 3.05) is 0 Å². The molecule has 0 amide bonds. The predicted molar refractivity (Wildman–Crippen MR) is 92.8 cm³/mol. The third-order valence-electron chi connectivity index (χ3n) is 5.09. The lowest BCUT2D eigenvalue weighted by atomic mass is 9.81. The smallest absolute Gasteiger partial charge is 0.334 e. The van der Waals surface area contributed by atoms with Crippen molar-refractivity contribution in [2.24, 2.45) is 11.8 Å². The van der Waals surface area contributed by atoms with E-state index in [4.69, 9.17) is 14.2 Å². The highest BCUT2D eigenvalue weighted by molar-refractivity contribution is 6.00. The zero-order valence-corrected chi connectivity index (χ0v) is 15.4. The van der Waals surface area contributed by atoms with Gasteiger partial charge in [-0.15, -0.1) is 0 Å². The lowest BCUT2D eigenvalue weighted by Gasteiger charge is -2.31. The Morgan fingerprint density at radius 3 is 2.73 bits per heavy atom. The molecule has 140 valence electrons. The summed E-state index contributed by atoms with van der Waals surface area (Å²) in [5, 5.41) is 0. The molecular weight excluding hydrogens is 336 g/mol. The second kappa shape index (κ2) is 6.41. The molecule has 0 radical (unpaired) electrons. The summed E-state index contributed by atoms with van der Waals surface area (Å²) in [6, 6.07) is 0. The fourth-order valence-corrected chi connectivity index (χ4v) is 3.71. The summed E-state index contributed by atoms with van der Waals surface area (Å²) >= 11 is 0. The fourth-order valence-electron chi connectivity index (χ4n) is 3.71. The van der Waals surface area contributed by atoms with Crippen LogP contribution in [0, 0.1) is 11.8 Å². The van der Waals surface area contributed by atoms with Crippen molar-refractivity contribution in [2.45, 2.75) is 57.8 Å². The van der Waals surface area contributed by atoms with E-state index in [0.29, 0.717) is 17.8 Å². The summed E-state index contributed by atoms with van der Waals surface area (Å²) in [7, 11) is 0. The highest BCUT2D eigenvalue weighted by Gasteiger charge is 2.52. The Kier molecular flexibility index (Phi) is 4.54. The summed E-state index contributed by atoms with van der Waals surface area (Å²) in [5.74, 6) is -1.07. The molecule has 2 fully saturated rings. The molecule has 6 heteroatoms. The maximum absolute atomic E-state index is 12.5. The van der Waals surface area contributed by atoms with Gasteiger partial charge in [-0.1, -0.05) is 27.0 Å². The van der Waals surface area contributed by atoms with Gasteiger partial charge in [0, 0.05) is 30.9 Å². The maximum atomic E-state index is 12.5. The predicted octanol–water partition coefficient (Wildman–Crippen LogP) is 2.63. The summed E-state index contributed by atoms with van der Waals surface area (Å²) in [5.41, 5.74) is -0.330. The van der Waals surface area contributed by atoms with Crippen molar-refractivity contribution in [3.63, 3.8) is 0 Å². The van der Waals surface area contributed by atoms with Crippen molar-refractivity contribution < 1.29 is 28.6 Å². The second-order valence-electron chi connectivity index (χ2n) is 7.84. The van der Waals surface area contributed by atoms with Crippen molar-refractivity contribution in [1.29, 1.82) is 0 Å². The lowest BCUT2D eigenvalue weighted by molar-refractivity contribution is -0.158. The van der Waals surface area contributed by atoms with Crippen LogP contribution in [-0.4, -0.2) is 35.5 Å². The van der Waals surface area contributed by atoms with Gasteiger partial charge in [-0.2, -0.15) is 0 Å². The molecule has 0 spiro atoms. The molecule has 0 N–H and O–H groups in total. The first-order chi connectivity index (χ1) is 12.1. The summed E-state index contributed by atoms with van der Waals surface area (Å²) < 4.78 is 17.0. The van der Waals surface area contributed by atoms with E-state index >= 15 is 0 Å². The van der Waals surface area contributed by atoms with Crippen molar-refractivity contribution >= 4 is 17.7 Å². The Balaban J connectivity index is 1.96. The van der Waals surface area contributed by atoms with Gasteiger partial charge in [0.05, 0.1) is 5.92 Å². The third kappa shape index (κ3) is 3.20. The average molecular weight is 360 g/mol. The SMILES string of the molecule is C=C1C[C@H]2OC(=O)C(=C)[C@@H]2[C@H](OC(=O)CC(C)C)C[C@@]2(C)OC1=CC2=O. The summed E-state index contributed by atoms with van der Waals surface area (Å²) in [6.45, 7) is 13.3. The van der Waals surface area contributed by atoms with E-state index in [-0.39, 0.29) is 36.1 Å². The van der Waals surface area contributed by atoms with Crippen LogP contribution in [0.4, 0.5) is 0 Å². The topological polar surface area (TPSA) is 78.9 Å². The fraction of sp³-hybridized carbons (Fsp3) is 0.550. The van der Waals surface area contributed by atoms with E-state index in [2.05, 4.69) is 13.2 Å². The quantitative estimate of drug-likeness (QED) is 0.569. The van der Waals surface area contributed by atoms with E-state index < -0.39 is 29.7 Å². The highest BCUT2D eigenvalue weighted by atomic mass is 16.6. The molecule has 26 heavy (non-hydrogen) atoms. The van der Waals surface area contributed by atoms with Crippen LogP contribution in [0.5, 0.6) is 0 Å². The molecule has 0 aromatic heterocycles. The van der Waals surface area contributed by atoms with Crippen molar-refractivity contribution in [3.05, 3.63) is 36.1 Å². The Morgan fingerprint density at radius 1 is 1.38 bits per heavy atom. The number of carbonyl (C=O) groups excluding carboxylic acids is 3. The van der Waals surface area contributed by atoms with Gasteiger partial charge in [-0.05, 0) is 18.4 Å². The molecule has 3 aliphatic rings. The number of fused-ring (bicyclic) bond motifs is 3. The molecule has 0 aliphatic carbocycles. The van der Waals surface area contributed by atoms with Crippen LogP contribution in [0.3, 0.4) is 0 Å². The van der Waals surface area contributed by atoms with E-state index in [0.717, 1.165) is 0 Å². The van der Waals surface area contributed by atoms with Crippen LogP contribution in [0.1, 0.15) is 40.0 Å². The van der Waals surface area contributed by atoms with Gasteiger partial charge < -0.3 is 14.2 Å². The van der Waals surface area contributed by atoms with Crippen LogP contribution in [0.15, 0.2) is 36.1 Å². The molecule has 2 saturated heterocycles. The minimum Gasteiger partial charge on any atom is -0.479 e. The molecule has 0 unspecified atom stereocenters. The molecule has 0 saturated carbocycles. The van der Waals surface area contributed by atoms with Crippen LogP contribution < -0.4 is 0 Å². The normalized spacial score (nSPS) is 33.7. The number of hydrogen-bond donors (Lipinski definition) is 0. The van der Waals surface area contributed by atoms with Crippen LogP contribution in [0.2, 0.25) is 0 Å². The van der Waals surface area contributed by atoms with Gasteiger partial charge in [0.1, 0.15) is 18.0 Å². The van der Waals surface area contributed by atoms with Crippen molar-refractivity contribution in [1.82, 2.24) is 0 Å². The average Bonchev–Trinajstić information content (AvgIpc) is 2.95. The largest absolute Gasteiger partial charge is 0.479 e. The number of esters is 2. The van der Waals surface area contributed by atoms with Crippen LogP contribution in [0.25, 0.3) is 0 Å². The Morgan fingerprint density at radius 2 is 2.08 bits per heavy atom. The maximum Gasteiger partial charge on any atom is 0.334 e. The van der Waals surface area contributed by atoms with E-state index in [1.165, 1.54) is 6.08 Å². The molecular formula is C20H24O6. The summed E-state index contributed by atoms with van der Waals surface area (Å²) in [4.78, 5) is 36.9. The first-order valence-electron chi connectivity index (χ1n) is 8.83. The molecule has 3 heterocycles. The highest BCUT2D eigenvalue weighted by Crippen LogP contribution is 2.44. The van der Waals surface area contributed by atoms with Gasteiger partial charge in [0.15, 0.2) is 5.60 Å². The van der Waals surface area contributed by atoms with Gasteiger partial charge >= 0.3 is 11.9 Å². The zero-order chi connectivity index (χ0) is 19.2. The second-order valence-corrected chi connectivity index (χ2v) is 7.84. The Bertz CT molecular complexity index is 731. The molecule has 3 rings (SSSR count). The van der Waals surface area contributed by atoms with Gasteiger partial charge in [0.2, 0.25) is 5.78 Å². The Labute approximate surface area is 152 Å². The van der Waals surface area contributed by atoms with E-state index in [9.17, 15) is 14.4 Å². The number of ether oxygens (including phenoxy) is 3. The van der Waals surface area contributed by atoms with Crippen LogP contribution >= 0.6 is 0 Å². The minimum absolute atomic E-state index is 0.125. The lowest BCUT2D eigenvalue weighted by Crippen LogP contribution is -2.43. The zero-order valence-electron chi connectivity index (χ0n) is 15.4. The van der Waals surface area contributed by atoms with Gasteiger partial charge in [-0.3, -0.25) is 9.59 Å². The number of ketones is 1. The van der Waals surface area contributed by atoms with E-state index in [1.54, 1.807) is 6.92 Å². The molecule has 3 aliphatic heterocycles. The monoisotopic (exact) mass is 360 g/mol.